The van der Waals surface area contributed by atoms with Crippen LogP contribution < -0.4 is 14.8 Å². The Morgan fingerprint density at radius 2 is 1.58 bits per heavy atom. The molecule has 1 heterocycles. The number of hydrogen-bond acceptors (Lipinski definition) is 5. The molecule has 26 heavy (non-hydrogen) atoms. The minimum Gasteiger partial charge on any atom is -0.497 e. The zero-order valence-corrected chi connectivity index (χ0v) is 16.2. The van der Waals surface area contributed by atoms with E-state index in [4.69, 9.17) is 4.74 Å². The topological polar surface area (TPSA) is 67.4 Å². The molecule has 3 aromatic rings. The van der Waals surface area contributed by atoms with Crippen molar-refractivity contribution in [2.24, 2.45) is 0 Å². The third kappa shape index (κ3) is 4.56. The Morgan fingerprint density at radius 1 is 0.923 bits per heavy atom. The first kappa shape index (κ1) is 18.3. The van der Waals surface area contributed by atoms with Crippen LogP contribution in [0.1, 0.15) is 10.4 Å². The van der Waals surface area contributed by atoms with Crippen molar-refractivity contribution in [3.8, 4) is 5.75 Å². The molecular formula is C19H20N2O3S2. The number of anilines is 2. The van der Waals surface area contributed by atoms with E-state index in [2.05, 4.69) is 10.0 Å². The van der Waals surface area contributed by atoms with Crippen LogP contribution in [0.25, 0.3) is 0 Å². The Hall–Kier alpha value is -2.51. The predicted octanol–water partition coefficient (Wildman–Crippen LogP) is 4.48. The van der Waals surface area contributed by atoms with Crippen LogP contribution in [0.3, 0.4) is 0 Å². The van der Waals surface area contributed by atoms with Crippen molar-refractivity contribution in [3.05, 3.63) is 71.1 Å². The van der Waals surface area contributed by atoms with Crippen molar-refractivity contribution in [2.75, 3.05) is 17.1 Å². The number of nitrogens with one attached hydrogen (secondary N) is 2. The molecule has 5 nitrogen and oxygen atoms in total. The van der Waals surface area contributed by atoms with E-state index in [1.807, 2.05) is 43.3 Å². The Morgan fingerprint density at radius 3 is 2.15 bits per heavy atom. The van der Waals surface area contributed by atoms with Gasteiger partial charge in [0.25, 0.3) is 10.0 Å². The van der Waals surface area contributed by atoms with E-state index in [0.717, 1.165) is 21.9 Å². The lowest BCUT2D eigenvalue weighted by Crippen LogP contribution is -2.11. The second kappa shape index (κ2) is 7.80. The van der Waals surface area contributed by atoms with Gasteiger partial charge < -0.3 is 10.1 Å². The largest absolute Gasteiger partial charge is 0.497 e. The summed E-state index contributed by atoms with van der Waals surface area (Å²) in [4.78, 5) is 0.962. The van der Waals surface area contributed by atoms with Gasteiger partial charge in [-0.25, -0.2) is 8.42 Å². The molecule has 0 saturated heterocycles. The van der Waals surface area contributed by atoms with E-state index in [1.165, 1.54) is 11.3 Å². The van der Waals surface area contributed by atoms with Crippen molar-refractivity contribution < 1.29 is 13.2 Å². The number of methoxy groups -OCH3 is 1. The molecule has 3 rings (SSSR count). The lowest BCUT2D eigenvalue weighted by atomic mass is 10.2. The van der Waals surface area contributed by atoms with E-state index in [1.54, 1.807) is 31.4 Å². The molecule has 0 bridgehead atoms. The molecule has 0 aliphatic rings. The second-order valence-corrected chi connectivity index (χ2v) is 8.95. The average molecular weight is 389 g/mol. The molecule has 0 aliphatic heterocycles. The smallest absolute Gasteiger partial charge is 0.271 e. The summed E-state index contributed by atoms with van der Waals surface area (Å²) in [6.07, 6.45) is 0. The van der Waals surface area contributed by atoms with Crippen LogP contribution in [0.5, 0.6) is 5.75 Å². The van der Waals surface area contributed by atoms with Crippen LogP contribution in [0.2, 0.25) is 0 Å². The Labute approximate surface area is 157 Å². The van der Waals surface area contributed by atoms with E-state index < -0.39 is 10.0 Å². The normalized spacial score (nSPS) is 11.2. The van der Waals surface area contributed by atoms with Gasteiger partial charge in [-0.15, -0.1) is 11.3 Å². The molecule has 0 unspecified atom stereocenters. The van der Waals surface area contributed by atoms with E-state index in [9.17, 15) is 8.42 Å². The summed E-state index contributed by atoms with van der Waals surface area (Å²) in [5, 5.41) is 3.31. The molecule has 0 fully saturated rings. The minimum atomic E-state index is -3.53. The summed E-state index contributed by atoms with van der Waals surface area (Å²) in [7, 11) is -1.89. The first-order valence-electron chi connectivity index (χ1n) is 8.02. The molecule has 2 aromatic carbocycles. The first-order valence-corrected chi connectivity index (χ1v) is 10.3. The van der Waals surface area contributed by atoms with Crippen LogP contribution in [0, 0.1) is 6.92 Å². The van der Waals surface area contributed by atoms with Crippen molar-refractivity contribution in [1.82, 2.24) is 0 Å². The van der Waals surface area contributed by atoms with Gasteiger partial charge in [-0.2, -0.15) is 0 Å². The number of rotatable bonds is 7. The van der Waals surface area contributed by atoms with Gasteiger partial charge >= 0.3 is 0 Å². The maximum absolute atomic E-state index is 12.3. The summed E-state index contributed by atoms with van der Waals surface area (Å²) in [5.41, 5.74) is 2.57. The van der Waals surface area contributed by atoms with Crippen molar-refractivity contribution in [1.29, 1.82) is 0 Å². The van der Waals surface area contributed by atoms with Crippen molar-refractivity contribution in [2.45, 2.75) is 17.7 Å². The van der Waals surface area contributed by atoms with Crippen LogP contribution in [-0.4, -0.2) is 15.5 Å². The number of thiophene rings is 1. The maximum atomic E-state index is 12.3. The number of benzene rings is 2. The highest BCUT2D eigenvalue weighted by Crippen LogP contribution is 2.24. The fraction of sp³-hybridized carbons (Fsp3) is 0.158. The fourth-order valence-electron chi connectivity index (χ4n) is 2.37. The summed E-state index contributed by atoms with van der Waals surface area (Å²) in [6, 6.07) is 18.4. The number of ether oxygens (including phenoxy) is 1. The van der Waals surface area contributed by atoms with Gasteiger partial charge in [0.1, 0.15) is 9.96 Å². The van der Waals surface area contributed by atoms with Gasteiger partial charge in [-0.1, -0.05) is 12.1 Å². The first-order chi connectivity index (χ1) is 12.5. The van der Waals surface area contributed by atoms with Crippen molar-refractivity contribution in [3.63, 3.8) is 0 Å². The molecule has 136 valence electrons. The van der Waals surface area contributed by atoms with Gasteiger partial charge in [0, 0.05) is 22.8 Å². The standard InChI is InChI=1S/C19H20N2O3S2/c1-14-3-12-19(25-14)26(22,23)21-17-8-6-16(7-9-17)20-13-15-4-10-18(24-2)11-5-15/h3-12,20-21H,13H2,1-2H3. The Bertz CT molecular complexity index is 963. The van der Waals surface area contributed by atoms with E-state index in [0.29, 0.717) is 16.4 Å². The summed E-state index contributed by atoms with van der Waals surface area (Å²) < 4.78 is 32.7. The van der Waals surface area contributed by atoms with Crippen LogP contribution in [-0.2, 0) is 16.6 Å². The monoisotopic (exact) mass is 388 g/mol. The minimum absolute atomic E-state index is 0.316. The molecule has 0 amide bonds. The lowest BCUT2D eigenvalue weighted by Gasteiger charge is -2.10. The van der Waals surface area contributed by atoms with Gasteiger partial charge in [-0.05, 0) is 61.0 Å². The zero-order chi connectivity index (χ0) is 18.6. The molecule has 2 N–H and O–H groups in total. The van der Waals surface area contributed by atoms with Crippen molar-refractivity contribution >= 4 is 32.7 Å². The SMILES string of the molecule is COc1ccc(CNc2ccc(NS(=O)(=O)c3ccc(C)s3)cc2)cc1. The van der Waals surface area contributed by atoms with Gasteiger partial charge in [-0.3, -0.25) is 4.72 Å². The van der Waals surface area contributed by atoms with E-state index in [-0.39, 0.29) is 0 Å². The molecule has 7 heteroatoms. The zero-order valence-electron chi connectivity index (χ0n) is 14.5. The predicted molar refractivity (Wildman–Crippen MR) is 107 cm³/mol. The second-order valence-electron chi connectivity index (χ2n) is 5.75. The van der Waals surface area contributed by atoms with Crippen LogP contribution in [0.15, 0.2) is 64.9 Å². The molecular weight excluding hydrogens is 368 g/mol. The molecule has 1 aromatic heterocycles. The number of hydrogen-bond donors (Lipinski definition) is 2. The van der Waals surface area contributed by atoms with Crippen LogP contribution >= 0.6 is 11.3 Å². The highest BCUT2D eigenvalue weighted by Gasteiger charge is 2.16. The number of sulfonamides is 1. The van der Waals surface area contributed by atoms with E-state index >= 15 is 0 Å². The van der Waals surface area contributed by atoms with Gasteiger partial charge in [0.15, 0.2) is 0 Å². The molecule has 0 saturated carbocycles. The summed E-state index contributed by atoms with van der Waals surface area (Å²) in [5.74, 6) is 0.825. The number of aryl methyl sites for hydroxylation is 1. The molecule has 0 atom stereocenters. The fourth-order valence-corrected chi connectivity index (χ4v) is 4.71. The average Bonchev–Trinajstić information content (AvgIpc) is 3.09. The lowest BCUT2D eigenvalue weighted by molar-refractivity contribution is 0.414. The quantitative estimate of drug-likeness (QED) is 0.626. The third-order valence-electron chi connectivity index (χ3n) is 3.77. The van der Waals surface area contributed by atoms with Gasteiger partial charge in [0.2, 0.25) is 0 Å². The maximum Gasteiger partial charge on any atom is 0.271 e. The summed E-state index contributed by atoms with van der Waals surface area (Å²) in [6.45, 7) is 2.55. The molecule has 0 radical (unpaired) electrons. The third-order valence-corrected chi connectivity index (χ3v) is 6.65. The van der Waals surface area contributed by atoms with Crippen LogP contribution in [0.4, 0.5) is 11.4 Å². The summed E-state index contributed by atoms with van der Waals surface area (Å²) >= 11 is 1.25. The Balaban J connectivity index is 1.61. The highest BCUT2D eigenvalue weighted by molar-refractivity contribution is 7.94. The molecule has 0 spiro atoms. The Kier molecular flexibility index (Phi) is 5.49. The molecule has 0 aliphatic carbocycles. The highest BCUT2D eigenvalue weighted by atomic mass is 32.2. The van der Waals surface area contributed by atoms with Gasteiger partial charge in [0.05, 0.1) is 7.11 Å².